The third-order valence-corrected chi connectivity index (χ3v) is 1.56. The van der Waals surface area contributed by atoms with Gasteiger partial charge in [-0.15, -0.1) is 0 Å². The highest BCUT2D eigenvalue weighted by Crippen LogP contribution is 2.23. The van der Waals surface area contributed by atoms with Crippen molar-refractivity contribution in [2.75, 3.05) is 13.2 Å². The average Bonchev–Trinajstić information content (AvgIpc) is 2.15. The number of hydrogen-bond acceptors (Lipinski definition) is 2. The van der Waals surface area contributed by atoms with Gasteiger partial charge in [0.25, 0.3) is 0 Å². The summed E-state index contributed by atoms with van der Waals surface area (Å²) in [6.45, 7) is 1.51. The van der Waals surface area contributed by atoms with Crippen molar-refractivity contribution < 1.29 is 9.47 Å². The van der Waals surface area contributed by atoms with Crippen LogP contribution in [0.25, 0.3) is 0 Å². The molecule has 2 saturated heterocycles. The highest BCUT2D eigenvalue weighted by Gasteiger charge is 2.33. The van der Waals surface area contributed by atoms with Crippen LogP contribution in [0.4, 0.5) is 0 Å². The Morgan fingerprint density at radius 2 is 1.50 bits per heavy atom. The lowest BCUT2D eigenvalue weighted by Crippen LogP contribution is -2.14. The molecule has 2 fully saturated rings. The van der Waals surface area contributed by atoms with Gasteiger partial charge in [0.1, 0.15) is 0 Å². The van der Waals surface area contributed by atoms with E-state index in [9.17, 15) is 0 Å². The van der Waals surface area contributed by atoms with Crippen molar-refractivity contribution >= 4 is 0 Å². The molecule has 0 saturated carbocycles. The summed E-state index contributed by atoms with van der Waals surface area (Å²) in [6, 6.07) is 0. The van der Waals surface area contributed by atoms with E-state index in [0.717, 1.165) is 13.2 Å². The maximum atomic E-state index is 5.24. The minimum atomic E-state index is 0.273. The van der Waals surface area contributed by atoms with Gasteiger partial charge in [-0.3, -0.25) is 0 Å². The van der Waals surface area contributed by atoms with E-state index in [1.54, 1.807) is 0 Å². The molecule has 0 aromatic heterocycles. The molecule has 0 unspecified atom stereocenters. The maximum absolute atomic E-state index is 5.24. The molecule has 0 aliphatic carbocycles. The second-order valence-corrected chi connectivity index (χ2v) is 2.07. The van der Waals surface area contributed by atoms with Crippen molar-refractivity contribution in [3.63, 3.8) is 0 Å². The normalized spacial score (nSPS) is 45.0. The highest BCUT2D eigenvalue weighted by atomic mass is 16.6. The smallest absolute Gasteiger partial charge is 0.0895 e. The molecule has 0 N–H and O–H groups in total. The van der Waals surface area contributed by atoms with Gasteiger partial charge in [-0.05, 0) is 0 Å². The maximum Gasteiger partial charge on any atom is 0.0895 e. The summed E-state index contributed by atoms with van der Waals surface area (Å²) in [5, 5.41) is 0. The Morgan fingerprint density at radius 1 is 1.00 bits per heavy atom. The molecule has 0 amide bonds. The summed E-state index contributed by atoms with van der Waals surface area (Å²) >= 11 is 0. The zero-order chi connectivity index (χ0) is 5.40. The minimum absolute atomic E-state index is 0.273. The molecule has 2 aliphatic rings. The fraction of sp³-hybridized carbons (Fsp3) is 0.667. The van der Waals surface area contributed by atoms with Crippen LogP contribution in [0, 0.1) is 12.8 Å². The zero-order valence-corrected chi connectivity index (χ0v) is 4.54. The van der Waals surface area contributed by atoms with Gasteiger partial charge < -0.3 is 9.47 Å². The van der Waals surface area contributed by atoms with Crippen LogP contribution in [0.3, 0.4) is 0 Å². The lowest BCUT2D eigenvalue weighted by atomic mass is 10.2. The first-order valence-corrected chi connectivity index (χ1v) is 2.87. The summed E-state index contributed by atoms with van der Waals surface area (Å²) in [6.07, 6.45) is 4.67. The molecule has 0 bridgehead atoms. The molecule has 2 heterocycles. The van der Waals surface area contributed by atoms with E-state index < -0.39 is 0 Å². The molecule has 2 rings (SSSR count). The van der Waals surface area contributed by atoms with E-state index in [-0.39, 0.29) is 12.2 Å². The van der Waals surface area contributed by atoms with Crippen LogP contribution in [-0.4, -0.2) is 25.4 Å². The predicted octanol–water partition coefficient (Wildman–Crippen LogP) is 0.193. The second kappa shape index (κ2) is 1.71. The molecule has 8 heavy (non-hydrogen) atoms. The average molecular weight is 112 g/mol. The van der Waals surface area contributed by atoms with E-state index in [2.05, 4.69) is 12.8 Å². The SMILES string of the molecule is [CH]1CO[C@H]2[CH]CO[C@@H]12. The highest BCUT2D eigenvalue weighted by molar-refractivity contribution is 5.02. The molecule has 0 spiro atoms. The van der Waals surface area contributed by atoms with Crippen molar-refractivity contribution in [3.05, 3.63) is 12.8 Å². The Morgan fingerprint density at radius 3 is 2.00 bits per heavy atom. The summed E-state index contributed by atoms with van der Waals surface area (Å²) in [5.74, 6) is 0. The molecule has 2 atom stereocenters. The number of rotatable bonds is 0. The van der Waals surface area contributed by atoms with Crippen LogP contribution in [0.1, 0.15) is 0 Å². The van der Waals surface area contributed by atoms with Gasteiger partial charge in [-0.1, -0.05) is 0 Å². The van der Waals surface area contributed by atoms with E-state index in [4.69, 9.17) is 9.47 Å². The molecule has 2 heteroatoms. The van der Waals surface area contributed by atoms with Crippen LogP contribution < -0.4 is 0 Å². The second-order valence-electron chi connectivity index (χ2n) is 2.07. The van der Waals surface area contributed by atoms with E-state index in [1.165, 1.54) is 0 Å². The lowest BCUT2D eigenvalue weighted by Gasteiger charge is -2.02. The molecule has 2 radical (unpaired) electrons. The Balaban J connectivity index is 2.04. The van der Waals surface area contributed by atoms with Gasteiger partial charge in [-0.2, -0.15) is 0 Å². The third-order valence-electron chi connectivity index (χ3n) is 1.56. The van der Waals surface area contributed by atoms with Crippen molar-refractivity contribution in [1.82, 2.24) is 0 Å². The van der Waals surface area contributed by atoms with Gasteiger partial charge in [-0.25, -0.2) is 0 Å². The summed E-state index contributed by atoms with van der Waals surface area (Å²) in [4.78, 5) is 0. The largest absolute Gasteiger partial charge is 0.375 e. The van der Waals surface area contributed by atoms with Crippen LogP contribution in [-0.2, 0) is 9.47 Å². The van der Waals surface area contributed by atoms with Crippen LogP contribution in [0.5, 0.6) is 0 Å². The first-order chi connectivity index (χ1) is 3.97. The van der Waals surface area contributed by atoms with Gasteiger partial charge in [0.15, 0.2) is 0 Å². The van der Waals surface area contributed by atoms with Crippen molar-refractivity contribution in [2.45, 2.75) is 12.2 Å². The van der Waals surface area contributed by atoms with E-state index in [0.29, 0.717) is 0 Å². The predicted molar refractivity (Wildman–Crippen MR) is 28.1 cm³/mol. The molecule has 44 valence electrons. The number of ether oxygens (including phenoxy) is 2. The lowest BCUT2D eigenvalue weighted by molar-refractivity contribution is 0.0810. The fourth-order valence-corrected chi connectivity index (χ4v) is 1.12. The fourth-order valence-electron chi connectivity index (χ4n) is 1.12. The Hall–Kier alpha value is -0.0800. The molecular formula is C6H8O2. The third kappa shape index (κ3) is 0.565. The summed E-state index contributed by atoms with van der Waals surface area (Å²) < 4.78 is 10.5. The monoisotopic (exact) mass is 112 g/mol. The molecule has 0 aromatic carbocycles. The van der Waals surface area contributed by atoms with Crippen molar-refractivity contribution in [3.8, 4) is 0 Å². The van der Waals surface area contributed by atoms with Gasteiger partial charge in [0, 0.05) is 12.8 Å². The molecular weight excluding hydrogens is 104 g/mol. The van der Waals surface area contributed by atoms with Crippen LogP contribution in [0.15, 0.2) is 0 Å². The van der Waals surface area contributed by atoms with E-state index >= 15 is 0 Å². The van der Waals surface area contributed by atoms with E-state index in [1.807, 2.05) is 0 Å². The zero-order valence-electron chi connectivity index (χ0n) is 4.54. The van der Waals surface area contributed by atoms with Gasteiger partial charge >= 0.3 is 0 Å². The number of fused-ring (bicyclic) bond motifs is 1. The quantitative estimate of drug-likeness (QED) is 0.445. The first kappa shape index (κ1) is 4.77. The van der Waals surface area contributed by atoms with Gasteiger partial charge in [0.2, 0.25) is 0 Å². The summed E-state index contributed by atoms with van der Waals surface area (Å²) in [7, 11) is 0. The van der Waals surface area contributed by atoms with Crippen molar-refractivity contribution in [2.24, 2.45) is 0 Å². The molecule has 2 nitrogen and oxygen atoms in total. The van der Waals surface area contributed by atoms with Crippen LogP contribution >= 0.6 is 0 Å². The Kier molecular flexibility index (Phi) is 1.02. The number of hydrogen-bond donors (Lipinski definition) is 0. The van der Waals surface area contributed by atoms with Crippen molar-refractivity contribution in [1.29, 1.82) is 0 Å². The standard InChI is InChI=1S/C6H8O2/c1-3-7-6-2-4-8-5(1)6/h1-2,5-6H,3-4H2/t5-,6-/m0/s1. The molecule has 0 aromatic rings. The first-order valence-electron chi connectivity index (χ1n) is 2.87. The van der Waals surface area contributed by atoms with Gasteiger partial charge in [0.05, 0.1) is 25.4 Å². The minimum Gasteiger partial charge on any atom is -0.375 e. The topological polar surface area (TPSA) is 18.5 Å². The molecule has 2 aliphatic heterocycles. The summed E-state index contributed by atoms with van der Waals surface area (Å²) in [5.41, 5.74) is 0. The Bertz CT molecular complexity index is 72.5. The Labute approximate surface area is 48.8 Å². The van der Waals surface area contributed by atoms with Crippen LogP contribution in [0.2, 0.25) is 0 Å².